The molecular formula is C21H30N4OS. The molecule has 1 heterocycles. The number of benzene rings is 1. The van der Waals surface area contributed by atoms with E-state index in [-0.39, 0.29) is 11.9 Å². The van der Waals surface area contributed by atoms with Crippen molar-refractivity contribution in [2.75, 3.05) is 13.1 Å². The second-order valence-electron chi connectivity index (χ2n) is 6.53. The molecule has 1 aromatic heterocycles. The van der Waals surface area contributed by atoms with Crippen LogP contribution in [0.2, 0.25) is 0 Å². The Morgan fingerprint density at radius 3 is 2.59 bits per heavy atom. The average molecular weight is 387 g/mol. The molecule has 0 radical (unpaired) electrons. The molecule has 0 fully saturated rings. The molecule has 0 bridgehead atoms. The van der Waals surface area contributed by atoms with Gasteiger partial charge in [-0.1, -0.05) is 30.3 Å². The summed E-state index contributed by atoms with van der Waals surface area (Å²) in [6, 6.07) is 14.5. The van der Waals surface area contributed by atoms with Crippen LogP contribution in [-0.4, -0.2) is 31.0 Å². The SMILES string of the molecule is CCNC(=NCCC(=O)NCc1ccccc1)NC(C)Cc1ccc(C)s1. The highest BCUT2D eigenvalue weighted by atomic mass is 32.1. The van der Waals surface area contributed by atoms with Gasteiger partial charge in [0.25, 0.3) is 0 Å². The molecule has 2 aromatic rings. The number of aryl methyl sites for hydroxylation is 1. The van der Waals surface area contributed by atoms with Gasteiger partial charge in [0.2, 0.25) is 5.91 Å². The number of thiophene rings is 1. The van der Waals surface area contributed by atoms with E-state index >= 15 is 0 Å². The molecule has 0 spiro atoms. The van der Waals surface area contributed by atoms with Crippen LogP contribution >= 0.6 is 11.3 Å². The zero-order chi connectivity index (χ0) is 19.5. The Bertz CT molecular complexity index is 727. The van der Waals surface area contributed by atoms with E-state index in [1.165, 1.54) is 9.75 Å². The molecule has 6 heteroatoms. The van der Waals surface area contributed by atoms with Crippen molar-refractivity contribution in [1.29, 1.82) is 0 Å². The fourth-order valence-electron chi connectivity index (χ4n) is 2.66. The highest BCUT2D eigenvalue weighted by Crippen LogP contribution is 2.16. The molecule has 0 aliphatic carbocycles. The van der Waals surface area contributed by atoms with Crippen LogP contribution in [0.3, 0.4) is 0 Å². The predicted molar refractivity (Wildman–Crippen MR) is 114 cm³/mol. The van der Waals surface area contributed by atoms with E-state index < -0.39 is 0 Å². The Kier molecular flexibility index (Phi) is 8.84. The normalized spacial score (nSPS) is 12.5. The third kappa shape index (κ3) is 8.26. The topological polar surface area (TPSA) is 65.5 Å². The fraction of sp³-hybridized carbons (Fsp3) is 0.429. The minimum Gasteiger partial charge on any atom is -0.357 e. The standard InChI is InChI=1S/C21H30N4OS/c1-4-22-21(25-16(2)14-19-11-10-17(3)27-19)23-13-12-20(26)24-15-18-8-6-5-7-9-18/h5-11,16H,4,12-15H2,1-3H3,(H,24,26)(H2,22,23,25). The molecule has 1 aromatic carbocycles. The number of hydrogen-bond donors (Lipinski definition) is 3. The van der Waals surface area contributed by atoms with Crippen molar-refractivity contribution in [2.24, 2.45) is 4.99 Å². The van der Waals surface area contributed by atoms with Crippen LogP contribution in [0.15, 0.2) is 47.5 Å². The number of nitrogens with one attached hydrogen (secondary N) is 3. The fourth-order valence-corrected chi connectivity index (χ4v) is 3.67. The number of amides is 1. The lowest BCUT2D eigenvalue weighted by Crippen LogP contribution is -2.43. The minimum absolute atomic E-state index is 0.0144. The Morgan fingerprint density at radius 1 is 1.15 bits per heavy atom. The second-order valence-corrected chi connectivity index (χ2v) is 7.91. The summed E-state index contributed by atoms with van der Waals surface area (Å²) in [5, 5.41) is 9.60. The highest BCUT2D eigenvalue weighted by Gasteiger charge is 2.08. The van der Waals surface area contributed by atoms with Gasteiger partial charge in [0, 0.05) is 41.7 Å². The second kappa shape index (κ2) is 11.4. The van der Waals surface area contributed by atoms with Gasteiger partial charge < -0.3 is 16.0 Å². The third-order valence-electron chi connectivity index (χ3n) is 3.97. The maximum Gasteiger partial charge on any atom is 0.222 e. The lowest BCUT2D eigenvalue weighted by atomic mass is 10.2. The summed E-state index contributed by atoms with van der Waals surface area (Å²) in [5.41, 5.74) is 1.10. The Hall–Kier alpha value is -2.34. The Morgan fingerprint density at radius 2 is 1.93 bits per heavy atom. The van der Waals surface area contributed by atoms with Gasteiger partial charge in [0.05, 0.1) is 6.54 Å². The molecule has 1 atom stereocenters. The summed E-state index contributed by atoms with van der Waals surface area (Å²) in [6.45, 7) is 8.11. The zero-order valence-corrected chi connectivity index (χ0v) is 17.2. The van der Waals surface area contributed by atoms with Crippen LogP contribution in [0.1, 0.15) is 35.6 Å². The van der Waals surface area contributed by atoms with E-state index in [0.717, 1.165) is 24.5 Å². The van der Waals surface area contributed by atoms with Gasteiger partial charge >= 0.3 is 0 Å². The van der Waals surface area contributed by atoms with Crippen molar-refractivity contribution < 1.29 is 4.79 Å². The molecule has 0 aliphatic heterocycles. The largest absolute Gasteiger partial charge is 0.357 e. The van der Waals surface area contributed by atoms with Crippen LogP contribution in [-0.2, 0) is 17.8 Å². The molecule has 1 unspecified atom stereocenters. The van der Waals surface area contributed by atoms with E-state index in [2.05, 4.69) is 46.9 Å². The summed E-state index contributed by atoms with van der Waals surface area (Å²) < 4.78 is 0. The third-order valence-corrected chi connectivity index (χ3v) is 5.00. The van der Waals surface area contributed by atoms with Crippen LogP contribution in [0.5, 0.6) is 0 Å². The van der Waals surface area contributed by atoms with E-state index in [4.69, 9.17) is 0 Å². The average Bonchev–Trinajstić information content (AvgIpc) is 3.05. The summed E-state index contributed by atoms with van der Waals surface area (Å²) in [4.78, 5) is 19.2. The van der Waals surface area contributed by atoms with Crippen LogP contribution in [0, 0.1) is 6.92 Å². The Labute approximate surface area is 166 Å². The molecule has 0 saturated heterocycles. The van der Waals surface area contributed by atoms with Crippen molar-refractivity contribution >= 4 is 23.2 Å². The van der Waals surface area contributed by atoms with Crippen LogP contribution < -0.4 is 16.0 Å². The van der Waals surface area contributed by atoms with Gasteiger partial charge in [-0.15, -0.1) is 11.3 Å². The number of aliphatic imine (C=N–C) groups is 1. The summed E-state index contributed by atoms with van der Waals surface area (Å²) >= 11 is 1.83. The summed E-state index contributed by atoms with van der Waals surface area (Å²) in [7, 11) is 0. The maximum atomic E-state index is 12.0. The zero-order valence-electron chi connectivity index (χ0n) is 16.4. The van der Waals surface area contributed by atoms with Gasteiger partial charge in [-0.25, -0.2) is 0 Å². The number of hydrogen-bond acceptors (Lipinski definition) is 3. The van der Waals surface area contributed by atoms with Gasteiger partial charge in [-0.2, -0.15) is 0 Å². The first kappa shape index (κ1) is 21.0. The molecule has 3 N–H and O–H groups in total. The maximum absolute atomic E-state index is 12.0. The molecule has 0 aliphatic rings. The van der Waals surface area contributed by atoms with Crippen LogP contribution in [0.25, 0.3) is 0 Å². The molecule has 1 amide bonds. The van der Waals surface area contributed by atoms with Crippen molar-refractivity contribution in [3.63, 3.8) is 0 Å². The molecule has 2 rings (SSSR count). The first-order valence-electron chi connectivity index (χ1n) is 9.47. The van der Waals surface area contributed by atoms with Crippen molar-refractivity contribution in [3.05, 3.63) is 57.8 Å². The first-order chi connectivity index (χ1) is 13.1. The summed E-state index contributed by atoms with van der Waals surface area (Å²) in [5.74, 6) is 0.773. The lowest BCUT2D eigenvalue weighted by Gasteiger charge is -2.17. The smallest absolute Gasteiger partial charge is 0.222 e. The number of guanidine groups is 1. The minimum atomic E-state index is 0.0144. The van der Waals surface area contributed by atoms with Crippen molar-refractivity contribution in [1.82, 2.24) is 16.0 Å². The van der Waals surface area contributed by atoms with Gasteiger partial charge in [-0.05, 0) is 38.5 Å². The van der Waals surface area contributed by atoms with E-state index in [0.29, 0.717) is 19.5 Å². The van der Waals surface area contributed by atoms with Crippen LogP contribution in [0.4, 0.5) is 0 Å². The van der Waals surface area contributed by atoms with Crippen molar-refractivity contribution in [2.45, 2.75) is 46.2 Å². The van der Waals surface area contributed by atoms with Gasteiger partial charge in [0.1, 0.15) is 0 Å². The molecule has 27 heavy (non-hydrogen) atoms. The van der Waals surface area contributed by atoms with Crippen molar-refractivity contribution in [3.8, 4) is 0 Å². The van der Waals surface area contributed by atoms with E-state index in [1.54, 1.807) is 0 Å². The monoisotopic (exact) mass is 386 g/mol. The molecule has 5 nitrogen and oxygen atoms in total. The number of carbonyl (C=O) groups is 1. The van der Waals surface area contributed by atoms with E-state index in [1.807, 2.05) is 48.6 Å². The quantitative estimate of drug-likeness (QED) is 0.458. The van der Waals surface area contributed by atoms with Gasteiger partial charge in [0.15, 0.2) is 5.96 Å². The molecule has 0 saturated carbocycles. The highest BCUT2D eigenvalue weighted by molar-refractivity contribution is 7.11. The Balaban J connectivity index is 1.75. The number of rotatable bonds is 9. The predicted octanol–water partition coefficient (Wildman–Crippen LogP) is 3.25. The lowest BCUT2D eigenvalue weighted by molar-refractivity contribution is -0.121. The molecular weight excluding hydrogens is 356 g/mol. The molecule has 146 valence electrons. The van der Waals surface area contributed by atoms with Gasteiger partial charge in [-0.3, -0.25) is 9.79 Å². The first-order valence-corrected chi connectivity index (χ1v) is 10.3. The van der Waals surface area contributed by atoms with E-state index in [9.17, 15) is 4.79 Å². The number of nitrogens with zero attached hydrogens (tertiary/aromatic N) is 1. The number of carbonyl (C=O) groups excluding carboxylic acids is 1. The summed E-state index contributed by atoms with van der Waals surface area (Å²) in [6.07, 6.45) is 1.34.